The van der Waals surface area contributed by atoms with Crippen molar-refractivity contribution in [2.45, 2.75) is 37.5 Å². The summed E-state index contributed by atoms with van der Waals surface area (Å²) in [6.07, 6.45) is -2.97. The van der Waals surface area contributed by atoms with Crippen molar-refractivity contribution >= 4 is 17.2 Å². The van der Waals surface area contributed by atoms with Gasteiger partial charge in [-0.15, -0.1) is 0 Å². The van der Waals surface area contributed by atoms with Crippen molar-refractivity contribution in [3.05, 3.63) is 64.7 Å². The van der Waals surface area contributed by atoms with Gasteiger partial charge in [-0.2, -0.15) is 22.0 Å². The maximum absolute atomic E-state index is 14.5. The van der Waals surface area contributed by atoms with Gasteiger partial charge < -0.3 is 15.2 Å². The van der Waals surface area contributed by atoms with Crippen LogP contribution in [-0.2, 0) is 23.8 Å². The molecule has 2 N–H and O–H groups in total. The van der Waals surface area contributed by atoms with Crippen LogP contribution in [0.25, 0.3) is 5.57 Å². The van der Waals surface area contributed by atoms with Crippen molar-refractivity contribution in [2.24, 2.45) is 0 Å². The number of rotatable bonds is 2. The van der Waals surface area contributed by atoms with Crippen molar-refractivity contribution in [3.8, 4) is 5.75 Å². The molecule has 1 aliphatic carbocycles. The van der Waals surface area contributed by atoms with E-state index in [-0.39, 0.29) is 11.3 Å². The monoisotopic (exact) mass is 439 g/mol. The van der Waals surface area contributed by atoms with E-state index in [2.05, 4.69) is 5.32 Å². The summed E-state index contributed by atoms with van der Waals surface area (Å²) >= 11 is 0. The zero-order valence-electron chi connectivity index (χ0n) is 16.1. The van der Waals surface area contributed by atoms with Crippen molar-refractivity contribution < 1.29 is 36.6 Å². The fraction of sp³-hybridized carbons (Fsp3) is 0.318. The van der Waals surface area contributed by atoms with Gasteiger partial charge >= 0.3 is 12.1 Å². The van der Waals surface area contributed by atoms with E-state index in [0.717, 1.165) is 17.2 Å². The molecule has 1 amide bonds. The molecule has 2 aromatic carbocycles. The van der Waals surface area contributed by atoms with Crippen molar-refractivity contribution in [1.29, 1.82) is 0 Å². The number of amides is 1. The Labute approximate surface area is 174 Å². The van der Waals surface area contributed by atoms with Gasteiger partial charge in [0.05, 0.1) is 11.7 Å². The molecule has 0 saturated carbocycles. The molecule has 0 saturated heterocycles. The van der Waals surface area contributed by atoms with Crippen LogP contribution in [-0.4, -0.2) is 29.6 Å². The van der Waals surface area contributed by atoms with Gasteiger partial charge in [-0.1, -0.05) is 18.2 Å². The number of carbonyl (C=O) groups excluding carboxylic acids is 1. The molecule has 1 atom stereocenters. The zero-order chi connectivity index (χ0) is 22.4. The van der Waals surface area contributed by atoms with E-state index >= 15 is 0 Å². The Morgan fingerprint density at radius 2 is 2.00 bits per heavy atom. The normalized spacial score (nSPS) is 21.1. The Kier molecular flexibility index (Phi) is 5.25. The first-order chi connectivity index (χ1) is 14.5. The molecule has 1 heterocycles. The van der Waals surface area contributed by atoms with Crippen LogP contribution in [0.15, 0.2) is 42.5 Å². The molecule has 31 heavy (non-hydrogen) atoms. The summed E-state index contributed by atoms with van der Waals surface area (Å²) in [6, 6.07) is 7.40. The molecule has 2 aliphatic rings. The van der Waals surface area contributed by atoms with E-state index in [9.17, 15) is 31.9 Å². The summed E-state index contributed by atoms with van der Waals surface area (Å²) in [7, 11) is 0. The van der Waals surface area contributed by atoms with Crippen LogP contribution < -0.4 is 10.1 Å². The Bertz CT molecular complexity index is 1060. The fourth-order valence-corrected chi connectivity index (χ4v) is 3.85. The van der Waals surface area contributed by atoms with E-state index < -0.39 is 41.9 Å². The van der Waals surface area contributed by atoms with Crippen LogP contribution in [0.4, 0.5) is 27.6 Å². The molecule has 164 valence electrons. The Balaban J connectivity index is 1.66. The van der Waals surface area contributed by atoms with Gasteiger partial charge in [-0.05, 0) is 42.2 Å². The Morgan fingerprint density at radius 3 is 2.74 bits per heavy atom. The molecule has 1 unspecified atom stereocenters. The van der Waals surface area contributed by atoms with Crippen LogP contribution in [0.2, 0.25) is 0 Å². The standard InChI is InChI=1S/C22H18F5NO3/c23-21(24)11-31-19-8-13(22(25,26)27)5-7-15(19)17(21)10-20(30)28-18-3-1-2-12-4-6-14(29)9-16(12)18/h1-3,5,7-8,10,14,29H,4,6,9,11H2,(H,28,30)/b17-10+. The summed E-state index contributed by atoms with van der Waals surface area (Å²) in [5.74, 6) is -4.77. The lowest BCUT2D eigenvalue weighted by atomic mass is 9.88. The smallest absolute Gasteiger partial charge is 0.416 e. The molecule has 2 aromatic rings. The minimum Gasteiger partial charge on any atom is -0.486 e. The molecule has 0 spiro atoms. The molecule has 0 aromatic heterocycles. The first-order valence-electron chi connectivity index (χ1n) is 9.59. The molecule has 1 aliphatic heterocycles. The van der Waals surface area contributed by atoms with Crippen LogP contribution in [0.5, 0.6) is 5.75 Å². The largest absolute Gasteiger partial charge is 0.486 e. The number of alkyl halides is 5. The summed E-state index contributed by atoms with van der Waals surface area (Å²) in [5.41, 5.74) is 0.0738. The second kappa shape index (κ2) is 7.64. The zero-order valence-corrected chi connectivity index (χ0v) is 16.1. The van der Waals surface area contributed by atoms with Gasteiger partial charge in [0.15, 0.2) is 6.61 Å². The van der Waals surface area contributed by atoms with Gasteiger partial charge in [0.2, 0.25) is 5.91 Å². The Hall–Kier alpha value is -2.94. The number of benzene rings is 2. The quantitative estimate of drug-likeness (QED) is 0.531. The SMILES string of the molecule is O=C(/C=C1\c2ccc(C(F)(F)F)cc2OCC1(F)F)Nc1cccc2c1CC(O)CC2. The van der Waals surface area contributed by atoms with E-state index in [1.165, 1.54) is 0 Å². The number of hydrogen-bond acceptors (Lipinski definition) is 3. The first-order valence-corrected chi connectivity index (χ1v) is 9.59. The topological polar surface area (TPSA) is 58.6 Å². The van der Waals surface area contributed by atoms with Crippen LogP contribution in [0, 0.1) is 0 Å². The summed E-state index contributed by atoms with van der Waals surface area (Å²) < 4.78 is 72.6. The lowest BCUT2D eigenvalue weighted by Crippen LogP contribution is -2.32. The molecule has 0 radical (unpaired) electrons. The number of hydrogen-bond donors (Lipinski definition) is 2. The van der Waals surface area contributed by atoms with Gasteiger partial charge in [-0.3, -0.25) is 4.79 Å². The van der Waals surface area contributed by atoms with Gasteiger partial charge in [0.1, 0.15) is 5.75 Å². The lowest BCUT2D eigenvalue weighted by molar-refractivity contribution is -0.137. The number of halogens is 5. The molecule has 4 rings (SSSR count). The van der Waals surface area contributed by atoms with Gasteiger partial charge in [-0.25, -0.2) is 0 Å². The fourth-order valence-electron chi connectivity index (χ4n) is 3.85. The lowest BCUT2D eigenvalue weighted by Gasteiger charge is -2.28. The highest BCUT2D eigenvalue weighted by molar-refractivity contribution is 6.05. The number of nitrogens with one attached hydrogen (secondary N) is 1. The predicted molar refractivity (Wildman–Crippen MR) is 103 cm³/mol. The highest BCUT2D eigenvalue weighted by atomic mass is 19.4. The minimum atomic E-state index is -4.66. The second-order valence-corrected chi connectivity index (χ2v) is 7.59. The number of aryl methyl sites for hydroxylation is 1. The summed E-state index contributed by atoms with van der Waals surface area (Å²) in [4.78, 5) is 12.6. The number of fused-ring (bicyclic) bond motifs is 2. The van der Waals surface area contributed by atoms with Crippen LogP contribution >= 0.6 is 0 Å². The predicted octanol–water partition coefficient (Wildman–Crippen LogP) is 4.60. The van der Waals surface area contributed by atoms with Gasteiger partial charge in [0.25, 0.3) is 0 Å². The molecule has 4 nitrogen and oxygen atoms in total. The second-order valence-electron chi connectivity index (χ2n) is 7.59. The number of aliphatic hydroxyl groups excluding tert-OH is 1. The number of aliphatic hydroxyl groups is 1. The molecule has 0 bridgehead atoms. The average Bonchev–Trinajstić information content (AvgIpc) is 2.69. The van der Waals surface area contributed by atoms with Crippen molar-refractivity contribution in [3.63, 3.8) is 0 Å². The van der Waals surface area contributed by atoms with E-state index in [1.54, 1.807) is 12.1 Å². The third-order valence-electron chi connectivity index (χ3n) is 5.40. The number of anilines is 1. The minimum absolute atomic E-state index is 0.273. The third-order valence-corrected chi connectivity index (χ3v) is 5.40. The summed E-state index contributed by atoms with van der Waals surface area (Å²) in [5, 5.41) is 12.5. The first kappa shape index (κ1) is 21.3. The Morgan fingerprint density at radius 1 is 1.23 bits per heavy atom. The van der Waals surface area contributed by atoms with Crippen molar-refractivity contribution in [1.82, 2.24) is 0 Å². The highest BCUT2D eigenvalue weighted by Gasteiger charge is 2.43. The van der Waals surface area contributed by atoms with E-state index in [4.69, 9.17) is 4.74 Å². The highest BCUT2D eigenvalue weighted by Crippen LogP contribution is 2.44. The molecule has 0 fully saturated rings. The number of ether oxygens (including phenoxy) is 1. The van der Waals surface area contributed by atoms with Crippen molar-refractivity contribution in [2.75, 3.05) is 11.9 Å². The molecular weight excluding hydrogens is 421 g/mol. The summed E-state index contributed by atoms with van der Waals surface area (Å²) in [6.45, 7) is -1.17. The third kappa shape index (κ3) is 4.27. The molecular formula is C22H18F5NO3. The number of carbonyl (C=O) groups is 1. The maximum atomic E-state index is 14.5. The van der Waals surface area contributed by atoms with Crippen LogP contribution in [0.1, 0.15) is 28.7 Å². The maximum Gasteiger partial charge on any atom is 0.416 e. The average molecular weight is 439 g/mol. The van der Waals surface area contributed by atoms with E-state index in [0.29, 0.717) is 43.2 Å². The van der Waals surface area contributed by atoms with Crippen LogP contribution in [0.3, 0.4) is 0 Å². The van der Waals surface area contributed by atoms with E-state index in [1.807, 2.05) is 6.07 Å². The van der Waals surface area contributed by atoms with Gasteiger partial charge in [0, 0.05) is 29.3 Å². The molecule has 9 heteroatoms.